The van der Waals surface area contributed by atoms with E-state index in [4.69, 9.17) is 9.47 Å². The minimum absolute atomic E-state index is 0.0400. The molecular formula is C26H40N4O8. The van der Waals surface area contributed by atoms with E-state index in [0.717, 1.165) is 10.6 Å². The number of hydrogen-bond donors (Lipinski definition) is 4. The number of carboxylic acid groups (broad SMARTS) is 1. The van der Waals surface area contributed by atoms with Crippen molar-refractivity contribution >= 4 is 30.0 Å². The fourth-order valence-electron chi connectivity index (χ4n) is 3.17. The van der Waals surface area contributed by atoms with Crippen LogP contribution in [0.4, 0.5) is 9.59 Å². The Morgan fingerprint density at radius 2 is 1.55 bits per heavy atom. The first-order valence-corrected chi connectivity index (χ1v) is 12.4. The molecule has 4 amide bonds. The molecule has 0 aliphatic carbocycles. The van der Waals surface area contributed by atoms with Gasteiger partial charge in [0.05, 0.1) is 6.42 Å². The molecule has 212 valence electrons. The maximum absolute atomic E-state index is 13.0. The van der Waals surface area contributed by atoms with Crippen molar-refractivity contribution in [2.45, 2.75) is 91.6 Å². The molecule has 0 aromatic heterocycles. The fourth-order valence-corrected chi connectivity index (χ4v) is 3.17. The minimum Gasteiger partial charge on any atom is -0.480 e. The van der Waals surface area contributed by atoms with Crippen molar-refractivity contribution in [3.8, 4) is 0 Å². The second-order valence-corrected chi connectivity index (χ2v) is 10.5. The molecule has 0 spiro atoms. The molecule has 4 N–H and O–H groups in total. The zero-order valence-electron chi connectivity index (χ0n) is 23.1. The van der Waals surface area contributed by atoms with Gasteiger partial charge in [0.15, 0.2) is 0 Å². The van der Waals surface area contributed by atoms with E-state index in [1.165, 1.54) is 0 Å². The number of amides is 4. The Morgan fingerprint density at radius 1 is 0.947 bits per heavy atom. The number of hydrogen-bond acceptors (Lipinski definition) is 7. The third kappa shape index (κ3) is 12.4. The summed E-state index contributed by atoms with van der Waals surface area (Å²) in [5, 5.41) is 15.4. The molecule has 0 saturated heterocycles. The van der Waals surface area contributed by atoms with Gasteiger partial charge in [0, 0.05) is 6.04 Å². The number of benzene rings is 1. The molecule has 12 heteroatoms. The van der Waals surface area contributed by atoms with Gasteiger partial charge in [0.1, 0.15) is 24.3 Å². The average molecular weight is 537 g/mol. The van der Waals surface area contributed by atoms with Crippen LogP contribution in [0.15, 0.2) is 30.3 Å². The topological polar surface area (TPSA) is 163 Å². The lowest BCUT2D eigenvalue weighted by molar-refractivity contribution is -0.151. The zero-order chi connectivity index (χ0) is 29.0. The maximum Gasteiger partial charge on any atom is 0.426 e. The van der Waals surface area contributed by atoms with Crippen LogP contribution in [-0.2, 0) is 30.5 Å². The number of aliphatic carboxylic acids is 1. The molecule has 0 bridgehead atoms. The van der Waals surface area contributed by atoms with Gasteiger partial charge >= 0.3 is 24.1 Å². The summed E-state index contributed by atoms with van der Waals surface area (Å²) in [5.41, 5.74) is 2.29. The van der Waals surface area contributed by atoms with Crippen LogP contribution in [0, 0.1) is 5.92 Å². The highest BCUT2D eigenvalue weighted by molar-refractivity contribution is 5.91. The van der Waals surface area contributed by atoms with E-state index in [1.54, 1.807) is 58.9 Å². The van der Waals surface area contributed by atoms with Crippen molar-refractivity contribution in [1.82, 2.24) is 21.1 Å². The second-order valence-electron chi connectivity index (χ2n) is 10.5. The number of urea groups is 1. The molecule has 0 radical (unpaired) electrons. The molecule has 0 aliphatic heterocycles. The van der Waals surface area contributed by atoms with Crippen molar-refractivity contribution < 1.29 is 38.6 Å². The van der Waals surface area contributed by atoms with Crippen LogP contribution in [0.3, 0.4) is 0 Å². The van der Waals surface area contributed by atoms with Gasteiger partial charge in [-0.15, -0.1) is 0 Å². The Morgan fingerprint density at radius 3 is 2.05 bits per heavy atom. The van der Waals surface area contributed by atoms with Crippen molar-refractivity contribution in [2.75, 3.05) is 0 Å². The van der Waals surface area contributed by atoms with Crippen LogP contribution >= 0.6 is 0 Å². The molecule has 0 heterocycles. The third-order valence-electron chi connectivity index (χ3n) is 4.90. The normalized spacial score (nSPS) is 12.8. The van der Waals surface area contributed by atoms with E-state index in [2.05, 4.69) is 16.1 Å². The molecule has 12 nitrogen and oxygen atoms in total. The number of hydrazine groups is 1. The summed E-state index contributed by atoms with van der Waals surface area (Å²) in [4.78, 5) is 62.2. The third-order valence-corrected chi connectivity index (χ3v) is 4.90. The van der Waals surface area contributed by atoms with E-state index in [0.29, 0.717) is 0 Å². The van der Waals surface area contributed by atoms with Gasteiger partial charge in [-0.1, -0.05) is 44.2 Å². The van der Waals surface area contributed by atoms with Gasteiger partial charge in [0.2, 0.25) is 5.91 Å². The standard InChI is InChI=1S/C26H40N4O8/c1-16(2)13-19(28-24(35)30(17(3)4)29-25(36)38-26(5,6)7)22(32)27-20(23(33)34)14-21(31)37-15-18-11-9-8-10-12-18/h8-12,16-17,19-20H,13-15H2,1-7H3,(H,27,32)(H,28,35)(H,29,36)(H,33,34)/t19-,20-/m0/s1. The molecule has 0 unspecified atom stereocenters. The van der Waals surface area contributed by atoms with E-state index in [-0.39, 0.29) is 18.9 Å². The summed E-state index contributed by atoms with van der Waals surface area (Å²) < 4.78 is 10.3. The number of nitrogens with one attached hydrogen (secondary N) is 3. The molecule has 1 rings (SSSR count). The summed E-state index contributed by atoms with van der Waals surface area (Å²) in [6.45, 7) is 11.9. The number of carbonyl (C=O) groups is 5. The monoisotopic (exact) mass is 536 g/mol. The Kier molecular flexibility index (Phi) is 12.5. The number of ether oxygens (including phenoxy) is 2. The Labute approximate surface area is 223 Å². The second kappa shape index (κ2) is 14.8. The first kappa shape index (κ1) is 32.2. The summed E-state index contributed by atoms with van der Waals surface area (Å²) >= 11 is 0. The lowest BCUT2D eigenvalue weighted by atomic mass is 10.0. The van der Waals surface area contributed by atoms with Gasteiger partial charge in [-0.2, -0.15) is 0 Å². The van der Waals surface area contributed by atoms with Crippen molar-refractivity contribution in [1.29, 1.82) is 0 Å². The summed E-state index contributed by atoms with van der Waals surface area (Å²) in [6.07, 6.45) is -1.29. The van der Waals surface area contributed by atoms with E-state index in [1.807, 2.05) is 19.9 Å². The number of carboxylic acids is 1. The van der Waals surface area contributed by atoms with Gasteiger partial charge in [0.25, 0.3) is 0 Å². The maximum atomic E-state index is 13.0. The summed E-state index contributed by atoms with van der Waals surface area (Å²) in [7, 11) is 0. The summed E-state index contributed by atoms with van der Waals surface area (Å²) in [5.74, 6) is -3.09. The van der Waals surface area contributed by atoms with Crippen LogP contribution in [0.2, 0.25) is 0 Å². The molecule has 0 fully saturated rings. The first-order chi connectivity index (χ1) is 17.6. The van der Waals surface area contributed by atoms with Gasteiger partial charge in [-0.25, -0.2) is 24.8 Å². The molecule has 0 saturated carbocycles. The van der Waals surface area contributed by atoms with Crippen LogP contribution in [-0.4, -0.2) is 63.8 Å². The van der Waals surface area contributed by atoms with E-state index < -0.39 is 60.1 Å². The lowest BCUT2D eigenvalue weighted by Gasteiger charge is -2.31. The van der Waals surface area contributed by atoms with Crippen molar-refractivity contribution in [3.63, 3.8) is 0 Å². The minimum atomic E-state index is -1.57. The number of esters is 1. The molecule has 1 aromatic rings. The van der Waals surface area contributed by atoms with Crippen LogP contribution in [0.5, 0.6) is 0 Å². The Balaban J connectivity index is 2.89. The SMILES string of the molecule is CC(C)C[C@H](NC(=O)N(NC(=O)OC(C)(C)C)C(C)C)C(=O)N[C@@H](CC(=O)OCc1ccccc1)C(=O)O. The molecule has 1 aromatic carbocycles. The van der Waals surface area contributed by atoms with Crippen LogP contribution in [0.25, 0.3) is 0 Å². The largest absolute Gasteiger partial charge is 0.480 e. The predicted molar refractivity (Wildman–Crippen MR) is 139 cm³/mol. The highest BCUT2D eigenvalue weighted by Gasteiger charge is 2.31. The van der Waals surface area contributed by atoms with Gasteiger partial charge in [-0.05, 0) is 52.5 Å². The fraction of sp³-hybridized carbons (Fsp3) is 0.577. The predicted octanol–water partition coefficient (Wildman–Crippen LogP) is 2.96. The molecular weight excluding hydrogens is 496 g/mol. The van der Waals surface area contributed by atoms with Crippen LogP contribution in [0.1, 0.15) is 66.9 Å². The average Bonchev–Trinajstić information content (AvgIpc) is 2.79. The lowest BCUT2D eigenvalue weighted by Crippen LogP contribution is -2.59. The smallest absolute Gasteiger partial charge is 0.426 e. The van der Waals surface area contributed by atoms with Crippen molar-refractivity contribution in [2.24, 2.45) is 5.92 Å². The van der Waals surface area contributed by atoms with Gasteiger partial charge in [-0.3, -0.25) is 9.59 Å². The number of nitrogens with zero attached hydrogens (tertiary/aromatic N) is 1. The summed E-state index contributed by atoms with van der Waals surface area (Å²) in [6, 6.07) is 4.85. The number of carbonyl (C=O) groups excluding carboxylic acids is 4. The highest BCUT2D eigenvalue weighted by Crippen LogP contribution is 2.10. The molecule has 38 heavy (non-hydrogen) atoms. The quantitative estimate of drug-likeness (QED) is 0.248. The van der Waals surface area contributed by atoms with Gasteiger partial charge < -0.3 is 25.2 Å². The van der Waals surface area contributed by atoms with Crippen molar-refractivity contribution in [3.05, 3.63) is 35.9 Å². The highest BCUT2D eigenvalue weighted by atomic mass is 16.6. The first-order valence-electron chi connectivity index (χ1n) is 12.4. The molecule has 0 aliphatic rings. The van der Waals surface area contributed by atoms with Crippen LogP contribution < -0.4 is 16.1 Å². The Hall–Kier alpha value is -3.83. The zero-order valence-corrected chi connectivity index (χ0v) is 23.1. The van der Waals surface area contributed by atoms with E-state index in [9.17, 15) is 29.1 Å². The Bertz CT molecular complexity index is 960. The number of rotatable bonds is 11. The van der Waals surface area contributed by atoms with E-state index >= 15 is 0 Å². The molecule has 2 atom stereocenters.